The van der Waals surface area contributed by atoms with Crippen LogP contribution in [0.3, 0.4) is 0 Å². The van der Waals surface area contributed by atoms with Gasteiger partial charge in [0.15, 0.2) is 0 Å². The molecule has 2 aromatic rings. The van der Waals surface area contributed by atoms with Crippen molar-refractivity contribution >= 4 is 23.2 Å². The molecule has 2 amide bonds. The Labute approximate surface area is 179 Å². The van der Waals surface area contributed by atoms with Gasteiger partial charge in [-0.05, 0) is 31.9 Å². The molecule has 0 unspecified atom stereocenters. The number of nitro benzene ring substituents is 1. The van der Waals surface area contributed by atoms with Gasteiger partial charge in [-0.1, -0.05) is 5.16 Å². The van der Waals surface area contributed by atoms with Crippen LogP contribution in [0.2, 0.25) is 0 Å². The Balaban J connectivity index is 1.30. The van der Waals surface area contributed by atoms with Crippen LogP contribution in [0.5, 0.6) is 0 Å². The molecule has 0 bridgehead atoms. The zero-order valence-corrected chi connectivity index (χ0v) is 17.7. The van der Waals surface area contributed by atoms with E-state index >= 15 is 0 Å². The van der Waals surface area contributed by atoms with Crippen LogP contribution in [0.1, 0.15) is 22.6 Å². The van der Waals surface area contributed by atoms with Crippen LogP contribution in [-0.2, 0) is 22.4 Å². The van der Waals surface area contributed by atoms with Gasteiger partial charge < -0.3 is 14.3 Å². The van der Waals surface area contributed by atoms with Gasteiger partial charge in [-0.25, -0.2) is 0 Å². The van der Waals surface area contributed by atoms with Gasteiger partial charge in [0.25, 0.3) is 5.69 Å². The summed E-state index contributed by atoms with van der Waals surface area (Å²) < 4.78 is 5.13. The van der Waals surface area contributed by atoms with Crippen LogP contribution >= 0.6 is 0 Å². The van der Waals surface area contributed by atoms with Crippen molar-refractivity contribution in [3.05, 3.63) is 50.9 Å². The highest BCUT2D eigenvalue weighted by atomic mass is 16.6. The quantitative estimate of drug-likeness (QED) is 0.524. The predicted molar refractivity (Wildman–Crippen MR) is 112 cm³/mol. The fourth-order valence-corrected chi connectivity index (χ4v) is 4.21. The first-order valence-electron chi connectivity index (χ1n) is 10.3. The molecule has 4 rings (SSSR count). The number of carbonyl (C=O) groups is 2. The summed E-state index contributed by atoms with van der Waals surface area (Å²) in [6, 6.07) is 4.64. The van der Waals surface area contributed by atoms with E-state index in [2.05, 4.69) is 5.16 Å². The van der Waals surface area contributed by atoms with Gasteiger partial charge in [0, 0.05) is 56.1 Å². The minimum Gasteiger partial charge on any atom is -0.361 e. The van der Waals surface area contributed by atoms with E-state index in [1.807, 2.05) is 16.7 Å². The van der Waals surface area contributed by atoms with Crippen molar-refractivity contribution in [1.29, 1.82) is 0 Å². The molecular weight excluding hydrogens is 402 g/mol. The predicted octanol–water partition coefficient (Wildman–Crippen LogP) is 1.48. The Bertz CT molecular complexity index is 1010. The van der Waals surface area contributed by atoms with Crippen LogP contribution in [-0.4, -0.2) is 71.0 Å². The van der Waals surface area contributed by atoms with E-state index < -0.39 is 4.92 Å². The number of aromatic nitrogens is 1. The Kier molecular flexibility index (Phi) is 5.73. The molecule has 0 aliphatic carbocycles. The highest BCUT2D eigenvalue weighted by Crippen LogP contribution is 2.31. The smallest absolute Gasteiger partial charge is 0.269 e. The second kappa shape index (κ2) is 8.46. The molecule has 3 heterocycles. The molecule has 0 N–H and O–H groups in total. The molecule has 2 aliphatic heterocycles. The molecule has 164 valence electrons. The third-order valence-corrected chi connectivity index (χ3v) is 6.06. The highest BCUT2D eigenvalue weighted by molar-refractivity contribution is 5.97. The SMILES string of the molecule is Cc1noc(C)c1CC(=O)N1CCN(CC(=O)N2CCc3cc([N+](=O)[O-])ccc32)CC1. The number of hydrogen-bond acceptors (Lipinski definition) is 7. The zero-order chi connectivity index (χ0) is 22.1. The summed E-state index contributed by atoms with van der Waals surface area (Å²) in [4.78, 5) is 41.6. The Morgan fingerprint density at radius 2 is 1.87 bits per heavy atom. The molecular formula is C21H25N5O5. The molecule has 10 nitrogen and oxygen atoms in total. The average Bonchev–Trinajstić information content (AvgIpc) is 3.32. The molecule has 10 heteroatoms. The summed E-state index contributed by atoms with van der Waals surface area (Å²) >= 11 is 0. The number of non-ortho nitro benzene ring substituents is 1. The molecule has 1 fully saturated rings. The van der Waals surface area contributed by atoms with E-state index in [-0.39, 0.29) is 30.5 Å². The number of amides is 2. The third kappa shape index (κ3) is 4.29. The number of carbonyl (C=O) groups excluding carboxylic acids is 2. The maximum Gasteiger partial charge on any atom is 0.269 e. The van der Waals surface area contributed by atoms with E-state index in [4.69, 9.17) is 4.52 Å². The lowest BCUT2D eigenvalue weighted by Crippen LogP contribution is -2.51. The standard InChI is InChI=1S/C21H25N5O5/c1-14-18(15(2)31-22-14)12-20(27)24-9-7-23(8-10-24)13-21(28)25-6-5-16-11-17(26(29)30)3-4-19(16)25/h3-4,11H,5-10,12-13H2,1-2H3. The topological polar surface area (TPSA) is 113 Å². The van der Waals surface area contributed by atoms with Crippen LogP contribution in [0.25, 0.3) is 0 Å². The lowest BCUT2D eigenvalue weighted by atomic mass is 10.1. The van der Waals surface area contributed by atoms with Gasteiger partial charge in [-0.3, -0.25) is 24.6 Å². The number of anilines is 1. The maximum atomic E-state index is 12.8. The fourth-order valence-electron chi connectivity index (χ4n) is 4.21. The van der Waals surface area contributed by atoms with Crippen LogP contribution in [0.15, 0.2) is 22.7 Å². The van der Waals surface area contributed by atoms with Crippen LogP contribution in [0, 0.1) is 24.0 Å². The van der Waals surface area contributed by atoms with Crippen LogP contribution in [0.4, 0.5) is 11.4 Å². The first-order valence-corrected chi connectivity index (χ1v) is 10.3. The van der Waals surface area contributed by atoms with Crippen molar-refractivity contribution in [2.24, 2.45) is 0 Å². The van der Waals surface area contributed by atoms with Crippen molar-refractivity contribution in [3.63, 3.8) is 0 Å². The van der Waals surface area contributed by atoms with E-state index in [1.54, 1.807) is 24.0 Å². The molecule has 1 aromatic carbocycles. The average molecular weight is 427 g/mol. The van der Waals surface area contributed by atoms with E-state index in [0.717, 1.165) is 22.5 Å². The van der Waals surface area contributed by atoms with Gasteiger partial charge in [-0.15, -0.1) is 0 Å². The van der Waals surface area contributed by atoms with Crippen molar-refractivity contribution in [3.8, 4) is 0 Å². The number of fused-ring (bicyclic) bond motifs is 1. The normalized spacial score (nSPS) is 16.5. The van der Waals surface area contributed by atoms with E-state index in [9.17, 15) is 19.7 Å². The lowest BCUT2D eigenvalue weighted by Gasteiger charge is -2.35. The minimum atomic E-state index is -0.419. The first kappa shape index (κ1) is 21.0. The summed E-state index contributed by atoms with van der Waals surface area (Å²) in [5.41, 5.74) is 3.22. The summed E-state index contributed by atoms with van der Waals surface area (Å²) in [7, 11) is 0. The van der Waals surface area contributed by atoms with Crippen molar-refractivity contribution in [2.75, 3.05) is 44.2 Å². The van der Waals surface area contributed by atoms with Crippen LogP contribution < -0.4 is 4.90 Å². The number of piperazine rings is 1. The number of benzene rings is 1. The largest absolute Gasteiger partial charge is 0.361 e. The zero-order valence-electron chi connectivity index (χ0n) is 17.7. The van der Waals surface area contributed by atoms with Gasteiger partial charge in [0.2, 0.25) is 11.8 Å². The number of nitro groups is 1. The number of nitrogens with zero attached hydrogens (tertiary/aromatic N) is 5. The molecule has 1 saturated heterocycles. The summed E-state index contributed by atoms with van der Waals surface area (Å²) in [5, 5.41) is 14.9. The highest BCUT2D eigenvalue weighted by Gasteiger charge is 2.29. The third-order valence-electron chi connectivity index (χ3n) is 6.06. The molecule has 31 heavy (non-hydrogen) atoms. The number of rotatable bonds is 5. The van der Waals surface area contributed by atoms with Crippen molar-refractivity contribution < 1.29 is 19.0 Å². The monoisotopic (exact) mass is 427 g/mol. The van der Waals surface area contributed by atoms with E-state index in [1.165, 1.54) is 6.07 Å². The molecule has 1 aromatic heterocycles. The molecule has 0 saturated carbocycles. The van der Waals surface area contributed by atoms with Gasteiger partial charge >= 0.3 is 0 Å². The van der Waals surface area contributed by atoms with Crippen molar-refractivity contribution in [2.45, 2.75) is 26.7 Å². The number of hydrogen-bond donors (Lipinski definition) is 0. The summed E-state index contributed by atoms with van der Waals surface area (Å²) in [5.74, 6) is 0.685. The number of aryl methyl sites for hydroxylation is 2. The Hall–Kier alpha value is -3.27. The summed E-state index contributed by atoms with van der Waals surface area (Å²) in [6.07, 6.45) is 0.892. The van der Waals surface area contributed by atoms with Gasteiger partial charge in [0.1, 0.15) is 5.76 Å². The molecule has 2 aliphatic rings. The minimum absolute atomic E-state index is 0.0249. The van der Waals surface area contributed by atoms with Gasteiger partial charge in [-0.2, -0.15) is 0 Å². The molecule has 0 spiro atoms. The summed E-state index contributed by atoms with van der Waals surface area (Å²) in [6.45, 7) is 6.82. The van der Waals surface area contributed by atoms with Gasteiger partial charge in [0.05, 0.1) is 23.6 Å². The van der Waals surface area contributed by atoms with E-state index in [0.29, 0.717) is 44.9 Å². The fraction of sp³-hybridized carbons (Fsp3) is 0.476. The second-order valence-corrected chi connectivity index (χ2v) is 8.00. The van der Waals surface area contributed by atoms with Crippen molar-refractivity contribution in [1.82, 2.24) is 15.0 Å². The Morgan fingerprint density at radius 3 is 2.52 bits per heavy atom. The maximum absolute atomic E-state index is 12.8. The molecule has 0 atom stereocenters. The second-order valence-electron chi connectivity index (χ2n) is 8.00. The molecule has 0 radical (unpaired) electrons. The Morgan fingerprint density at radius 1 is 1.13 bits per heavy atom. The first-order chi connectivity index (χ1) is 14.8. The lowest BCUT2D eigenvalue weighted by molar-refractivity contribution is -0.384.